The van der Waals surface area contributed by atoms with Crippen molar-refractivity contribution in [2.45, 2.75) is 19.4 Å². The Kier molecular flexibility index (Phi) is 5.12. The Balaban J connectivity index is 2.00. The molecule has 2 N–H and O–H groups in total. The van der Waals surface area contributed by atoms with E-state index >= 15 is 0 Å². The van der Waals surface area contributed by atoms with Crippen molar-refractivity contribution < 1.29 is 9.84 Å². The summed E-state index contributed by atoms with van der Waals surface area (Å²) < 4.78 is 5.77. The number of likely N-dealkylation sites (N-methyl/N-ethyl adjacent to an activating group) is 1. The zero-order valence-electron chi connectivity index (χ0n) is 11.2. The number of hydrogen-bond acceptors (Lipinski definition) is 4. The van der Waals surface area contributed by atoms with Gasteiger partial charge in [-0.1, -0.05) is 13.0 Å². The lowest BCUT2D eigenvalue weighted by molar-refractivity contribution is 0.215. The Labute approximate surface area is 113 Å². The Morgan fingerprint density at radius 2 is 2.26 bits per heavy atom. The molecule has 0 aliphatic heterocycles. The van der Waals surface area contributed by atoms with E-state index in [2.05, 4.69) is 10.3 Å². The number of rotatable bonds is 7. The number of pyridine rings is 1. The molecule has 0 aliphatic rings. The molecule has 1 unspecified atom stereocenters. The van der Waals surface area contributed by atoms with E-state index in [-0.39, 0.29) is 12.6 Å². The number of nitrogens with one attached hydrogen (secondary N) is 1. The molecule has 0 bridgehead atoms. The van der Waals surface area contributed by atoms with Crippen molar-refractivity contribution in [3.8, 4) is 5.75 Å². The van der Waals surface area contributed by atoms with Crippen LogP contribution in [0.2, 0.25) is 0 Å². The molecule has 1 heterocycles. The quantitative estimate of drug-likeness (QED) is 0.799. The van der Waals surface area contributed by atoms with Crippen molar-refractivity contribution in [3.63, 3.8) is 0 Å². The van der Waals surface area contributed by atoms with Gasteiger partial charge in [0.2, 0.25) is 0 Å². The molecule has 19 heavy (non-hydrogen) atoms. The minimum atomic E-state index is 0.167. The highest BCUT2D eigenvalue weighted by atomic mass is 16.5. The van der Waals surface area contributed by atoms with Gasteiger partial charge in [0.25, 0.3) is 0 Å². The Morgan fingerprint density at radius 1 is 1.37 bits per heavy atom. The van der Waals surface area contributed by atoms with Gasteiger partial charge in [-0.3, -0.25) is 4.98 Å². The first-order chi connectivity index (χ1) is 9.33. The SMILES string of the molecule is CCNC(CCO)COc1ccc2cccnc2c1. The second-order valence-corrected chi connectivity index (χ2v) is 4.44. The summed E-state index contributed by atoms with van der Waals surface area (Å²) in [6, 6.07) is 10.0. The maximum absolute atomic E-state index is 9.00. The van der Waals surface area contributed by atoms with Crippen molar-refractivity contribution >= 4 is 10.9 Å². The van der Waals surface area contributed by atoms with Crippen LogP contribution < -0.4 is 10.1 Å². The lowest BCUT2D eigenvalue weighted by Gasteiger charge is -2.17. The smallest absolute Gasteiger partial charge is 0.121 e. The molecule has 4 nitrogen and oxygen atoms in total. The van der Waals surface area contributed by atoms with Crippen LogP contribution in [0.1, 0.15) is 13.3 Å². The summed E-state index contributed by atoms with van der Waals surface area (Å²) in [6.45, 7) is 3.63. The fourth-order valence-electron chi connectivity index (χ4n) is 2.02. The third kappa shape index (κ3) is 3.91. The number of ether oxygens (including phenoxy) is 1. The number of benzene rings is 1. The first-order valence-corrected chi connectivity index (χ1v) is 6.65. The van der Waals surface area contributed by atoms with E-state index in [1.165, 1.54) is 0 Å². The highest BCUT2D eigenvalue weighted by Gasteiger charge is 2.07. The van der Waals surface area contributed by atoms with Crippen molar-refractivity contribution in [2.24, 2.45) is 0 Å². The fraction of sp³-hybridized carbons (Fsp3) is 0.400. The van der Waals surface area contributed by atoms with Gasteiger partial charge >= 0.3 is 0 Å². The number of aliphatic hydroxyl groups excluding tert-OH is 1. The average Bonchev–Trinajstić information content (AvgIpc) is 2.45. The molecule has 0 radical (unpaired) electrons. The van der Waals surface area contributed by atoms with Gasteiger partial charge in [0.1, 0.15) is 12.4 Å². The molecule has 0 aliphatic carbocycles. The predicted molar refractivity (Wildman–Crippen MR) is 76.4 cm³/mol. The van der Waals surface area contributed by atoms with Crippen LogP contribution in [0, 0.1) is 0 Å². The normalized spacial score (nSPS) is 12.5. The number of fused-ring (bicyclic) bond motifs is 1. The minimum absolute atomic E-state index is 0.167. The largest absolute Gasteiger partial charge is 0.492 e. The topological polar surface area (TPSA) is 54.4 Å². The van der Waals surface area contributed by atoms with Gasteiger partial charge in [0, 0.05) is 30.3 Å². The minimum Gasteiger partial charge on any atom is -0.492 e. The third-order valence-electron chi connectivity index (χ3n) is 3.00. The predicted octanol–water partition coefficient (Wildman–Crippen LogP) is 1.97. The van der Waals surface area contributed by atoms with Crippen molar-refractivity contribution in [1.29, 1.82) is 0 Å². The van der Waals surface area contributed by atoms with Gasteiger partial charge in [-0.25, -0.2) is 0 Å². The highest BCUT2D eigenvalue weighted by Crippen LogP contribution is 2.18. The first kappa shape index (κ1) is 13.8. The van der Waals surface area contributed by atoms with E-state index in [1.54, 1.807) is 6.20 Å². The lowest BCUT2D eigenvalue weighted by Crippen LogP contribution is -2.35. The molecule has 0 fully saturated rings. The molecular weight excluding hydrogens is 240 g/mol. The van der Waals surface area contributed by atoms with Gasteiger partial charge < -0.3 is 15.2 Å². The summed E-state index contributed by atoms with van der Waals surface area (Å²) in [7, 11) is 0. The Hall–Kier alpha value is -1.65. The van der Waals surface area contributed by atoms with Gasteiger partial charge in [-0.2, -0.15) is 0 Å². The summed E-state index contributed by atoms with van der Waals surface area (Å²) in [5.74, 6) is 0.812. The maximum Gasteiger partial charge on any atom is 0.121 e. The van der Waals surface area contributed by atoms with Crippen LogP contribution in [0.3, 0.4) is 0 Å². The van der Waals surface area contributed by atoms with Gasteiger partial charge in [0.15, 0.2) is 0 Å². The monoisotopic (exact) mass is 260 g/mol. The number of hydrogen-bond donors (Lipinski definition) is 2. The second kappa shape index (κ2) is 7.07. The van der Waals surface area contributed by atoms with E-state index in [0.29, 0.717) is 13.0 Å². The molecule has 0 spiro atoms. The van der Waals surface area contributed by atoms with E-state index in [1.807, 2.05) is 37.3 Å². The van der Waals surface area contributed by atoms with E-state index in [9.17, 15) is 0 Å². The van der Waals surface area contributed by atoms with Crippen LogP contribution in [-0.4, -0.2) is 35.9 Å². The van der Waals surface area contributed by atoms with E-state index < -0.39 is 0 Å². The standard InChI is InChI=1S/C15H20N2O2/c1-2-16-13(7-9-18)11-19-14-6-5-12-4-3-8-17-15(12)10-14/h3-6,8,10,13,16,18H,2,7,9,11H2,1H3. The molecular formula is C15H20N2O2. The highest BCUT2D eigenvalue weighted by molar-refractivity contribution is 5.79. The number of aromatic nitrogens is 1. The van der Waals surface area contributed by atoms with E-state index in [0.717, 1.165) is 23.2 Å². The van der Waals surface area contributed by atoms with Crippen molar-refractivity contribution in [3.05, 3.63) is 36.5 Å². The summed E-state index contributed by atoms with van der Waals surface area (Å²) in [4.78, 5) is 4.31. The van der Waals surface area contributed by atoms with Crippen LogP contribution >= 0.6 is 0 Å². The summed E-state index contributed by atoms with van der Waals surface area (Å²) in [5, 5.41) is 13.4. The Morgan fingerprint density at radius 3 is 3.05 bits per heavy atom. The van der Waals surface area contributed by atoms with Gasteiger partial charge in [-0.05, 0) is 31.2 Å². The number of nitrogens with zero attached hydrogens (tertiary/aromatic N) is 1. The van der Waals surface area contributed by atoms with Crippen molar-refractivity contribution in [2.75, 3.05) is 19.8 Å². The molecule has 102 valence electrons. The molecule has 4 heteroatoms. The van der Waals surface area contributed by atoms with Crippen LogP contribution in [0.5, 0.6) is 5.75 Å². The average molecular weight is 260 g/mol. The van der Waals surface area contributed by atoms with Crippen LogP contribution in [0.4, 0.5) is 0 Å². The van der Waals surface area contributed by atoms with Gasteiger partial charge in [-0.15, -0.1) is 0 Å². The third-order valence-corrected chi connectivity index (χ3v) is 3.00. The van der Waals surface area contributed by atoms with Crippen molar-refractivity contribution in [1.82, 2.24) is 10.3 Å². The molecule has 0 saturated heterocycles. The van der Waals surface area contributed by atoms with Crippen LogP contribution in [0.15, 0.2) is 36.5 Å². The maximum atomic E-state index is 9.00. The molecule has 2 aromatic rings. The molecule has 2 rings (SSSR count). The zero-order chi connectivity index (χ0) is 13.5. The summed E-state index contributed by atoms with van der Waals surface area (Å²) in [6.07, 6.45) is 2.47. The molecule has 0 amide bonds. The fourth-order valence-corrected chi connectivity index (χ4v) is 2.02. The van der Waals surface area contributed by atoms with E-state index in [4.69, 9.17) is 9.84 Å². The zero-order valence-corrected chi connectivity index (χ0v) is 11.2. The lowest BCUT2D eigenvalue weighted by atomic mass is 10.2. The molecule has 1 atom stereocenters. The van der Waals surface area contributed by atoms with Crippen LogP contribution in [0.25, 0.3) is 10.9 Å². The molecule has 1 aromatic carbocycles. The summed E-state index contributed by atoms with van der Waals surface area (Å²) >= 11 is 0. The number of aliphatic hydroxyl groups is 1. The van der Waals surface area contributed by atoms with Gasteiger partial charge in [0.05, 0.1) is 5.52 Å². The van der Waals surface area contributed by atoms with Crippen LogP contribution in [-0.2, 0) is 0 Å². The first-order valence-electron chi connectivity index (χ1n) is 6.65. The summed E-state index contributed by atoms with van der Waals surface area (Å²) in [5.41, 5.74) is 0.933. The Bertz CT molecular complexity index is 510. The molecule has 0 saturated carbocycles. The second-order valence-electron chi connectivity index (χ2n) is 4.44. The molecule has 1 aromatic heterocycles.